The van der Waals surface area contributed by atoms with Crippen LogP contribution in [0.2, 0.25) is 0 Å². The first-order valence-corrected chi connectivity index (χ1v) is 8.40. The van der Waals surface area contributed by atoms with Crippen LogP contribution < -0.4 is 5.32 Å². The third kappa shape index (κ3) is 3.32. The van der Waals surface area contributed by atoms with Gasteiger partial charge in [-0.1, -0.05) is 17.7 Å². The van der Waals surface area contributed by atoms with E-state index in [1.54, 1.807) is 13.0 Å². The molecule has 1 aliphatic carbocycles. The highest BCUT2D eigenvalue weighted by Crippen LogP contribution is 2.38. The smallest absolute Gasteiger partial charge is 0.269 e. The summed E-state index contributed by atoms with van der Waals surface area (Å²) in [6.07, 6.45) is 2.45. The molecule has 2 atom stereocenters. The Morgan fingerprint density at radius 2 is 2.04 bits per heavy atom. The molecule has 1 fully saturated rings. The Balaban J connectivity index is 1.68. The van der Waals surface area contributed by atoms with Gasteiger partial charge in [0.1, 0.15) is 6.54 Å². The fraction of sp³-hybridized carbons (Fsp3) is 0.353. The van der Waals surface area contributed by atoms with Crippen molar-refractivity contribution in [1.29, 1.82) is 0 Å². The van der Waals surface area contributed by atoms with Crippen LogP contribution >= 0.6 is 11.6 Å². The molecule has 1 saturated heterocycles. The summed E-state index contributed by atoms with van der Waals surface area (Å²) in [5.41, 5.74) is 0.817. The van der Waals surface area contributed by atoms with Gasteiger partial charge in [-0.05, 0) is 31.4 Å². The highest BCUT2D eigenvalue weighted by atomic mass is 35.5. The van der Waals surface area contributed by atoms with Crippen LogP contribution in [0.3, 0.4) is 0 Å². The molecule has 1 aromatic rings. The molecule has 2 aliphatic rings. The molecule has 0 spiro atoms. The Labute approximate surface area is 153 Å². The Morgan fingerprint density at radius 1 is 1.35 bits per heavy atom. The van der Waals surface area contributed by atoms with Crippen molar-refractivity contribution in [2.24, 2.45) is 11.8 Å². The van der Waals surface area contributed by atoms with Crippen LogP contribution in [0.25, 0.3) is 0 Å². The number of nitrogens with zero attached hydrogens (tertiary/aromatic N) is 2. The van der Waals surface area contributed by atoms with Crippen LogP contribution in [-0.4, -0.2) is 34.1 Å². The van der Waals surface area contributed by atoms with Crippen LogP contribution in [0.5, 0.6) is 0 Å². The minimum atomic E-state index is -0.540. The number of hydrogen-bond acceptors (Lipinski definition) is 5. The fourth-order valence-corrected chi connectivity index (χ4v) is 3.54. The summed E-state index contributed by atoms with van der Waals surface area (Å²) in [5.74, 6) is -2.26. The molecule has 26 heavy (non-hydrogen) atoms. The van der Waals surface area contributed by atoms with E-state index in [-0.39, 0.29) is 17.5 Å². The molecule has 1 aliphatic heterocycles. The van der Waals surface area contributed by atoms with Gasteiger partial charge >= 0.3 is 0 Å². The molecule has 1 aromatic carbocycles. The van der Waals surface area contributed by atoms with Crippen molar-refractivity contribution < 1.29 is 19.3 Å². The summed E-state index contributed by atoms with van der Waals surface area (Å²) in [6.45, 7) is 1.23. The van der Waals surface area contributed by atoms with Crippen molar-refractivity contribution in [1.82, 2.24) is 4.90 Å². The maximum Gasteiger partial charge on any atom is 0.269 e. The maximum atomic E-state index is 12.4. The van der Waals surface area contributed by atoms with Gasteiger partial charge in [-0.3, -0.25) is 29.4 Å². The van der Waals surface area contributed by atoms with Crippen LogP contribution in [0.4, 0.5) is 11.4 Å². The molecular formula is C17H16ClN3O5. The number of likely N-dealkylation sites (tertiary alicyclic amines) is 1. The second-order valence-electron chi connectivity index (χ2n) is 6.37. The number of anilines is 1. The number of rotatable bonds is 4. The molecule has 1 heterocycles. The number of benzene rings is 1. The van der Waals surface area contributed by atoms with Gasteiger partial charge in [-0.25, -0.2) is 0 Å². The lowest BCUT2D eigenvalue weighted by Crippen LogP contribution is -2.38. The summed E-state index contributed by atoms with van der Waals surface area (Å²) in [7, 11) is 0. The SMILES string of the molecule is Cc1cc([N+](=O)[O-])ccc1NC(=O)CN1C(=O)C2CC=C(Cl)CC2C1=O. The van der Waals surface area contributed by atoms with E-state index in [1.165, 1.54) is 18.2 Å². The molecule has 0 aromatic heterocycles. The summed E-state index contributed by atoms with van der Waals surface area (Å²) in [4.78, 5) is 48.3. The van der Waals surface area contributed by atoms with E-state index in [4.69, 9.17) is 11.6 Å². The number of aryl methyl sites for hydroxylation is 1. The normalized spacial score (nSPS) is 22.1. The number of carbonyl (C=O) groups excluding carboxylic acids is 3. The zero-order valence-corrected chi connectivity index (χ0v) is 14.7. The molecule has 0 saturated carbocycles. The topological polar surface area (TPSA) is 110 Å². The minimum absolute atomic E-state index is 0.0844. The summed E-state index contributed by atoms with van der Waals surface area (Å²) in [5, 5.41) is 13.9. The first kappa shape index (κ1) is 18.1. The highest BCUT2D eigenvalue weighted by molar-refractivity contribution is 6.30. The number of halogens is 1. The standard InChI is InChI=1S/C17H16ClN3O5/c1-9-6-11(21(25)26)3-5-14(9)19-15(22)8-20-16(23)12-4-2-10(18)7-13(12)17(20)24/h2-3,5-6,12-13H,4,7-8H2,1H3,(H,19,22). The van der Waals surface area contributed by atoms with Crippen molar-refractivity contribution in [3.63, 3.8) is 0 Å². The predicted molar refractivity (Wildman–Crippen MR) is 93.3 cm³/mol. The van der Waals surface area contributed by atoms with Gasteiger partial charge in [-0.2, -0.15) is 0 Å². The zero-order chi connectivity index (χ0) is 19.0. The third-order valence-electron chi connectivity index (χ3n) is 4.66. The number of amides is 3. The zero-order valence-electron chi connectivity index (χ0n) is 13.9. The van der Waals surface area contributed by atoms with E-state index in [2.05, 4.69) is 5.32 Å². The largest absolute Gasteiger partial charge is 0.324 e. The lowest BCUT2D eigenvalue weighted by molar-refractivity contribution is -0.384. The number of nitrogens with one attached hydrogen (secondary N) is 1. The molecular weight excluding hydrogens is 362 g/mol. The lowest BCUT2D eigenvalue weighted by Gasteiger charge is -2.17. The lowest BCUT2D eigenvalue weighted by atomic mass is 9.85. The molecule has 3 rings (SSSR count). The van der Waals surface area contributed by atoms with E-state index >= 15 is 0 Å². The van der Waals surface area contributed by atoms with Gasteiger partial charge in [0.05, 0.1) is 16.8 Å². The van der Waals surface area contributed by atoms with Gasteiger partial charge < -0.3 is 5.32 Å². The van der Waals surface area contributed by atoms with Crippen molar-refractivity contribution in [3.8, 4) is 0 Å². The number of nitro groups is 1. The molecule has 136 valence electrons. The molecule has 9 heteroatoms. The number of carbonyl (C=O) groups is 3. The maximum absolute atomic E-state index is 12.4. The number of imide groups is 1. The van der Waals surface area contributed by atoms with E-state index in [9.17, 15) is 24.5 Å². The Bertz CT molecular complexity index is 851. The third-order valence-corrected chi connectivity index (χ3v) is 4.97. The monoisotopic (exact) mass is 377 g/mol. The Kier molecular flexibility index (Phi) is 4.78. The van der Waals surface area contributed by atoms with E-state index in [0.29, 0.717) is 29.1 Å². The first-order chi connectivity index (χ1) is 12.3. The van der Waals surface area contributed by atoms with E-state index < -0.39 is 29.2 Å². The van der Waals surface area contributed by atoms with Gasteiger partial charge in [-0.15, -0.1) is 0 Å². The number of fused-ring (bicyclic) bond motifs is 1. The van der Waals surface area contributed by atoms with Gasteiger partial charge in [0.15, 0.2) is 0 Å². The van der Waals surface area contributed by atoms with Crippen molar-refractivity contribution in [3.05, 3.63) is 45.0 Å². The Hall–Kier alpha value is -2.74. The molecule has 0 bridgehead atoms. The van der Waals surface area contributed by atoms with Gasteiger partial charge in [0.25, 0.3) is 5.69 Å². The number of hydrogen-bond donors (Lipinski definition) is 1. The van der Waals surface area contributed by atoms with Crippen molar-refractivity contribution in [2.45, 2.75) is 19.8 Å². The van der Waals surface area contributed by atoms with Crippen LogP contribution in [0, 0.1) is 28.9 Å². The molecule has 0 radical (unpaired) electrons. The second kappa shape index (κ2) is 6.87. The van der Waals surface area contributed by atoms with Gasteiger partial charge in [0, 0.05) is 22.9 Å². The van der Waals surface area contributed by atoms with Gasteiger partial charge in [0.2, 0.25) is 17.7 Å². The summed E-state index contributed by atoms with van der Waals surface area (Å²) < 4.78 is 0. The Morgan fingerprint density at radius 3 is 2.69 bits per heavy atom. The number of nitro benzene ring substituents is 1. The average molecular weight is 378 g/mol. The molecule has 3 amide bonds. The predicted octanol–water partition coefficient (Wildman–Crippen LogP) is 2.36. The quantitative estimate of drug-likeness (QED) is 0.492. The molecule has 1 N–H and O–H groups in total. The van der Waals surface area contributed by atoms with E-state index in [0.717, 1.165) is 4.90 Å². The summed E-state index contributed by atoms with van der Waals surface area (Å²) in [6, 6.07) is 4.03. The average Bonchev–Trinajstić information content (AvgIpc) is 2.81. The molecule has 8 nitrogen and oxygen atoms in total. The van der Waals surface area contributed by atoms with Crippen molar-refractivity contribution in [2.75, 3.05) is 11.9 Å². The summed E-state index contributed by atoms with van der Waals surface area (Å²) >= 11 is 5.96. The van der Waals surface area contributed by atoms with E-state index in [1.807, 2.05) is 0 Å². The fourth-order valence-electron chi connectivity index (χ4n) is 3.29. The second-order valence-corrected chi connectivity index (χ2v) is 6.86. The van der Waals surface area contributed by atoms with Crippen LogP contribution in [-0.2, 0) is 14.4 Å². The minimum Gasteiger partial charge on any atom is -0.324 e. The molecule has 2 unspecified atom stereocenters. The van der Waals surface area contributed by atoms with Crippen LogP contribution in [0.15, 0.2) is 29.3 Å². The highest BCUT2D eigenvalue weighted by Gasteiger charge is 2.48. The van der Waals surface area contributed by atoms with Crippen molar-refractivity contribution >= 4 is 40.7 Å². The number of allylic oxidation sites excluding steroid dienone is 2. The first-order valence-electron chi connectivity index (χ1n) is 8.02. The number of non-ortho nitro benzene ring substituents is 1. The van der Waals surface area contributed by atoms with Crippen LogP contribution in [0.1, 0.15) is 18.4 Å².